The van der Waals surface area contributed by atoms with E-state index in [9.17, 15) is 9.65 Å². The topological polar surface area (TPSA) is 36.9 Å². The molecule has 2 nitrogen and oxygen atoms in total. The highest BCUT2D eigenvalue weighted by Crippen LogP contribution is 2.37. The fourth-order valence-electron chi connectivity index (χ4n) is 2.10. The molecule has 0 unspecified atom stereocenters. The maximum Gasteiger partial charge on any atom is 0.179 e. The van der Waals surface area contributed by atoms with Gasteiger partial charge in [-0.3, -0.25) is 0 Å². The highest BCUT2D eigenvalue weighted by molar-refractivity contribution is 9.10. The van der Waals surface area contributed by atoms with Crippen LogP contribution in [0.4, 0.5) is 4.39 Å². The fraction of sp³-hybridized carbons (Fsp3) is 0. The molecule has 124 valence electrons. The van der Waals surface area contributed by atoms with E-state index >= 15 is 0 Å². The quantitative estimate of drug-likeness (QED) is 0.413. The van der Waals surface area contributed by atoms with Gasteiger partial charge in [-0.15, -0.1) is 0 Å². The minimum atomic E-state index is -0.391. The Labute approximate surface area is 162 Å². The van der Waals surface area contributed by atoms with Crippen molar-refractivity contribution in [3.05, 3.63) is 81.2 Å². The lowest BCUT2D eigenvalue weighted by Gasteiger charge is -1.99. The van der Waals surface area contributed by atoms with Crippen molar-refractivity contribution in [2.45, 2.75) is 9.99 Å². The van der Waals surface area contributed by atoms with Gasteiger partial charge in [-0.1, -0.05) is 35.5 Å². The number of halogens is 3. The number of benzene rings is 2. The third-order valence-electron chi connectivity index (χ3n) is 3.24. The minimum absolute atomic E-state index is 0.323. The Hall–Kier alpha value is -2.00. The van der Waals surface area contributed by atoms with Crippen LogP contribution in [0.2, 0.25) is 5.02 Å². The van der Waals surface area contributed by atoms with Crippen LogP contribution in [-0.2, 0) is 0 Å². The Morgan fingerprint density at radius 1 is 1.20 bits per heavy atom. The smallest absolute Gasteiger partial charge is 0.179 e. The van der Waals surface area contributed by atoms with Gasteiger partial charge in [0.05, 0.1) is 16.1 Å². The maximum atomic E-state index is 13.4. The van der Waals surface area contributed by atoms with E-state index in [0.29, 0.717) is 27.0 Å². The van der Waals surface area contributed by atoms with Crippen LogP contribution in [0.3, 0.4) is 0 Å². The minimum Gasteiger partial charge on any atom is -0.449 e. The van der Waals surface area contributed by atoms with Crippen molar-refractivity contribution in [1.82, 2.24) is 0 Å². The zero-order valence-corrected chi connectivity index (χ0v) is 15.8. The summed E-state index contributed by atoms with van der Waals surface area (Å²) in [5.74, 6) is 0.113. The third kappa shape index (κ3) is 4.55. The number of hydrogen-bond donors (Lipinski definition) is 0. The number of hydrogen-bond acceptors (Lipinski definition) is 3. The number of nitrogens with zero attached hydrogens (tertiary/aromatic N) is 1. The van der Waals surface area contributed by atoms with Gasteiger partial charge in [0, 0.05) is 9.92 Å². The van der Waals surface area contributed by atoms with Crippen molar-refractivity contribution in [2.75, 3.05) is 0 Å². The molecule has 0 saturated heterocycles. The summed E-state index contributed by atoms with van der Waals surface area (Å²) in [6.45, 7) is 0. The third-order valence-corrected chi connectivity index (χ3v) is 5.34. The Morgan fingerprint density at radius 3 is 2.64 bits per heavy atom. The predicted octanol–water partition coefficient (Wildman–Crippen LogP) is 7.05. The summed E-state index contributed by atoms with van der Waals surface area (Å²) in [7, 11) is 0. The van der Waals surface area contributed by atoms with Crippen molar-refractivity contribution in [3.8, 4) is 6.07 Å². The molecule has 2 aromatic carbocycles. The SMILES string of the molecule is N#C/C(=C/c1cc(Br)c(Sc2ccc(Cl)cc2)o1)c1cccc(F)c1. The van der Waals surface area contributed by atoms with Crippen molar-refractivity contribution in [2.24, 2.45) is 0 Å². The molecule has 1 aromatic heterocycles. The summed E-state index contributed by atoms with van der Waals surface area (Å²) < 4.78 is 19.9. The van der Waals surface area contributed by atoms with E-state index in [4.69, 9.17) is 16.0 Å². The maximum absolute atomic E-state index is 13.4. The molecule has 0 fully saturated rings. The molecule has 0 amide bonds. The van der Waals surface area contributed by atoms with E-state index in [-0.39, 0.29) is 0 Å². The molecule has 0 aliphatic rings. The molecule has 0 aliphatic heterocycles. The summed E-state index contributed by atoms with van der Waals surface area (Å²) in [5.41, 5.74) is 0.825. The van der Waals surface area contributed by atoms with Crippen LogP contribution in [0.5, 0.6) is 0 Å². The molecular formula is C19H10BrClFNOS. The number of nitriles is 1. The normalized spacial score (nSPS) is 11.4. The Morgan fingerprint density at radius 2 is 1.96 bits per heavy atom. The first-order valence-corrected chi connectivity index (χ1v) is 9.14. The van der Waals surface area contributed by atoms with E-state index in [1.807, 2.05) is 12.1 Å². The molecule has 0 radical (unpaired) electrons. The lowest BCUT2D eigenvalue weighted by molar-refractivity contribution is 0.463. The summed E-state index contributed by atoms with van der Waals surface area (Å²) in [6, 6.07) is 17.1. The van der Waals surface area contributed by atoms with E-state index in [1.165, 1.54) is 23.9 Å². The summed E-state index contributed by atoms with van der Waals surface area (Å²) in [6.07, 6.45) is 1.59. The molecule has 1 heterocycles. The van der Waals surface area contributed by atoms with Gasteiger partial charge in [0.15, 0.2) is 5.09 Å². The highest BCUT2D eigenvalue weighted by atomic mass is 79.9. The highest BCUT2D eigenvalue weighted by Gasteiger charge is 2.11. The molecule has 0 bridgehead atoms. The molecule has 25 heavy (non-hydrogen) atoms. The van der Waals surface area contributed by atoms with Gasteiger partial charge in [0.2, 0.25) is 0 Å². The van der Waals surface area contributed by atoms with E-state index in [1.54, 1.807) is 36.4 Å². The van der Waals surface area contributed by atoms with Gasteiger partial charge in [-0.25, -0.2) is 4.39 Å². The molecule has 6 heteroatoms. The molecule has 0 spiro atoms. The molecular weight excluding hydrogens is 425 g/mol. The van der Waals surface area contributed by atoms with Gasteiger partial charge in [-0.2, -0.15) is 5.26 Å². The molecule has 3 aromatic rings. The summed E-state index contributed by atoms with van der Waals surface area (Å²) >= 11 is 10.8. The average Bonchev–Trinajstić information content (AvgIpc) is 2.94. The monoisotopic (exact) mass is 433 g/mol. The lowest BCUT2D eigenvalue weighted by Crippen LogP contribution is -1.83. The van der Waals surface area contributed by atoms with Gasteiger partial charge >= 0.3 is 0 Å². The second-order valence-corrected chi connectivity index (χ2v) is 7.36. The second kappa shape index (κ2) is 7.92. The fourth-order valence-corrected chi connectivity index (χ4v) is 3.55. The van der Waals surface area contributed by atoms with Gasteiger partial charge in [0.25, 0.3) is 0 Å². The first kappa shape index (κ1) is 17.8. The zero-order valence-electron chi connectivity index (χ0n) is 12.7. The van der Waals surface area contributed by atoms with E-state index in [2.05, 4.69) is 22.0 Å². The number of rotatable bonds is 4. The van der Waals surface area contributed by atoms with Gasteiger partial charge in [0.1, 0.15) is 11.6 Å². The van der Waals surface area contributed by atoms with Crippen LogP contribution in [0.15, 0.2) is 73.5 Å². The first-order valence-electron chi connectivity index (χ1n) is 7.15. The molecule has 0 N–H and O–H groups in total. The first-order chi connectivity index (χ1) is 12.0. The molecule has 3 rings (SSSR count). The molecule has 0 saturated carbocycles. The standard InChI is InChI=1S/C19H10BrClFNOS/c20-18-10-16(9-13(11-23)12-2-1-3-15(22)8-12)24-19(18)25-17-6-4-14(21)5-7-17/h1-10H/b13-9-. The van der Waals surface area contributed by atoms with Crippen LogP contribution in [-0.4, -0.2) is 0 Å². The van der Waals surface area contributed by atoms with Crippen molar-refractivity contribution >= 4 is 50.9 Å². The second-order valence-electron chi connectivity index (χ2n) is 5.02. The zero-order chi connectivity index (χ0) is 17.8. The lowest BCUT2D eigenvalue weighted by atomic mass is 10.1. The number of allylic oxidation sites excluding steroid dienone is 1. The number of furan rings is 1. The summed E-state index contributed by atoms with van der Waals surface area (Å²) in [5, 5.41) is 10.7. The largest absolute Gasteiger partial charge is 0.449 e. The van der Waals surface area contributed by atoms with E-state index in [0.717, 1.165) is 9.37 Å². The predicted molar refractivity (Wildman–Crippen MR) is 102 cm³/mol. The molecule has 0 atom stereocenters. The summed E-state index contributed by atoms with van der Waals surface area (Å²) in [4.78, 5) is 0.973. The van der Waals surface area contributed by atoms with Crippen LogP contribution in [0.1, 0.15) is 11.3 Å². The molecule has 0 aliphatic carbocycles. The Balaban J connectivity index is 1.88. The van der Waals surface area contributed by atoms with Gasteiger partial charge in [-0.05, 0) is 70.0 Å². The van der Waals surface area contributed by atoms with Crippen molar-refractivity contribution < 1.29 is 8.81 Å². The van der Waals surface area contributed by atoms with Crippen LogP contribution >= 0.6 is 39.3 Å². The van der Waals surface area contributed by atoms with Crippen molar-refractivity contribution in [3.63, 3.8) is 0 Å². The van der Waals surface area contributed by atoms with Crippen molar-refractivity contribution in [1.29, 1.82) is 5.26 Å². The van der Waals surface area contributed by atoms with Crippen LogP contribution < -0.4 is 0 Å². The Kier molecular flexibility index (Phi) is 5.64. The average molecular weight is 435 g/mol. The van der Waals surface area contributed by atoms with Gasteiger partial charge < -0.3 is 4.42 Å². The van der Waals surface area contributed by atoms with Crippen LogP contribution in [0.25, 0.3) is 11.6 Å². The van der Waals surface area contributed by atoms with Crippen LogP contribution in [0, 0.1) is 17.1 Å². The van der Waals surface area contributed by atoms with E-state index < -0.39 is 5.82 Å². The Bertz CT molecular complexity index is 976.